The molecular weight excluding hydrogens is 226 g/mol. The molecule has 0 aliphatic carbocycles. The lowest BCUT2D eigenvalue weighted by Crippen LogP contribution is -2.34. The Morgan fingerprint density at radius 1 is 1.53 bits per heavy atom. The van der Waals surface area contributed by atoms with Crippen LogP contribution in [0.1, 0.15) is 31.5 Å². The van der Waals surface area contributed by atoms with Crippen LogP contribution in [0.4, 0.5) is 0 Å². The zero-order valence-corrected chi connectivity index (χ0v) is 10.7. The van der Waals surface area contributed by atoms with Gasteiger partial charge < -0.3 is 5.32 Å². The summed E-state index contributed by atoms with van der Waals surface area (Å²) >= 11 is 3.36. The number of hydrogen-bond acceptors (Lipinski definition) is 5. The van der Waals surface area contributed by atoms with Gasteiger partial charge in [-0.25, -0.2) is 4.98 Å². The minimum Gasteiger partial charge on any atom is -0.314 e. The number of thioether (sulfide) groups is 1. The van der Waals surface area contributed by atoms with Crippen molar-refractivity contribution in [1.29, 1.82) is 0 Å². The summed E-state index contributed by atoms with van der Waals surface area (Å²) < 4.78 is 5.29. The van der Waals surface area contributed by atoms with Gasteiger partial charge in [0.1, 0.15) is 5.82 Å². The fraction of sp³-hybridized carbons (Fsp3) is 0.800. The Morgan fingerprint density at radius 3 is 3.13 bits per heavy atom. The molecule has 1 aromatic rings. The van der Waals surface area contributed by atoms with Crippen LogP contribution in [0.15, 0.2) is 4.34 Å². The zero-order chi connectivity index (χ0) is 10.5. The number of aromatic nitrogens is 2. The standard InChI is InChI=1S/C10H17N3S2/c1-8-12-10(15-13-8)14-7-5-9-4-2-3-6-11-9/h9,11H,2-7H2,1H3. The summed E-state index contributed by atoms with van der Waals surface area (Å²) in [5, 5.41) is 3.56. The van der Waals surface area contributed by atoms with Gasteiger partial charge in [-0.15, -0.1) is 0 Å². The van der Waals surface area contributed by atoms with E-state index in [1.807, 2.05) is 18.7 Å². The summed E-state index contributed by atoms with van der Waals surface area (Å²) in [6, 6.07) is 0.736. The summed E-state index contributed by atoms with van der Waals surface area (Å²) in [5.74, 6) is 2.06. The number of piperidine rings is 1. The highest BCUT2D eigenvalue weighted by molar-refractivity contribution is 8.00. The summed E-state index contributed by atoms with van der Waals surface area (Å²) in [4.78, 5) is 4.34. The highest BCUT2D eigenvalue weighted by atomic mass is 32.2. The van der Waals surface area contributed by atoms with Crippen molar-refractivity contribution in [1.82, 2.24) is 14.7 Å². The highest BCUT2D eigenvalue weighted by Crippen LogP contribution is 2.22. The van der Waals surface area contributed by atoms with Gasteiger partial charge in [0.05, 0.1) is 0 Å². The van der Waals surface area contributed by atoms with Crippen LogP contribution in [0.5, 0.6) is 0 Å². The van der Waals surface area contributed by atoms with Crippen LogP contribution < -0.4 is 5.32 Å². The number of nitrogens with one attached hydrogen (secondary N) is 1. The van der Waals surface area contributed by atoms with Gasteiger partial charge in [-0.2, -0.15) is 4.37 Å². The number of aryl methyl sites for hydroxylation is 1. The van der Waals surface area contributed by atoms with E-state index in [0.29, 0.717) is 0 Å². The normalized spacial score (nSPS) is 21.8. The van der Waals surface area contributed by atoms with Gasteiger partial charge >= 0.3 is 0 Å². The van der Waals surface area contributed by atoms with Crippen molar-refractivity contribution >= 4 is 23.3 Å². The first-order chi connectivity index (χ1) is 7.34. The Bertz CT molecular complexity index is 295. The molecule has 0 amide bonds. The van der Waals surface area contributed by atoms with Crippen molar-refractivity contribution < 1.29 is 0 Å². The second-order valence-corrected chi connectivity index (χ2v) is 5.99. The van der Waals surface area contributed by atoms with Crippen LogP contribution in [-0.4, -0.2) is 27.7 Å². The fourth-order valence-corrected chi connectivity index (χ4v) is 3.57. The quantitative estimate of drug-likeness (QED) is 0.824. The molecule has 2 heterocycles. The average Bonchev–Trinajstić information content (AvgIpc) is 2.66. The van der Waals surface area contributed by atoms with E-state index in [9.17, 15) is 0 Å². The van der Waals surface area contributed by atoms with Crippen LogP contribution in [0.2, 0.25) is 0 Å². The van der Waals surface area contributed by atoms with Crippen molar-refractivity contribution in [2.24, 2.45) is 0 Å². The minimum atomic E-state index is 0.736. The van der Waals surface area contributed by atoms with Crippen molar-refractivity contribution in [3.05, 3.63) is 5.82 Å². The molecule has 1 N–H and O–H groups in total. The van der Waals surface area contributed by atoms with E-state index >= 15 is 0 Å². The molecule has 1 aliphatic heterocycles. The lowest BCUT2D eigenvalue weighted by Gasteiger charge is -2.22. The van der Waals surface area contributed by atoms with Gasteiger partial charge in [-0.1, -0.05) is 18.2 Å². The molecule has 2 rings (SSSR count). The van der Waals surface area contributed by atoms with Crippen molar-refractivity contribution in [2.75, 3.05) is 12.3 Å². The molecule has 0 aromatic carbocycles. The second-order valence-electron chi connectivity index (χ2n) is 3.89. The zero-order valence-electron chi connectivity index (χ0n) is 9.03. The SMILES string of the molecule is Cc1nsc(SCCC2CCCCN2)n1. The average molecular weight is 243 g/mol. The van der Waals surface area contributed by atoms with Crippen LogP contribution in [0.3, 0.4) is 0 Å². The molecule has 1 aliphatic rings. The molecule has 0 saturated carbocycles. The molecule has 0 spiro atoms. The molecule has 15 heavy (non-hydrogen) atoms. The van der Waals surface area contributed by atoms with E-state index in [4.69, 9.17) is 0 Å². The summed E-state index contributed by atoms with van der Waals surface area (Å²) in [6.07, 6.45) is 5.33. The Labute approximate surface area is 99.2 Å². The largest absolute Gasteiger partial charge is 0.314 e. The Balaban J connectivity index is 1.65. The predicted molar refractivity (Wildman–Crippen MR) is 65.6 cm³/mol. The van der Waals surface area contributed by atoms with Crippen molar-refractivity contribution in [3.63, 3.8) is 0 Å². The highest BCUT2D eigenvalue weighted by Gasteiger charge is 2.12. The van der Waals surface area contributed by atoms with Crippen LogP contribution in [-0.2, 0) is 0 Å². The smallest absolute Gasteiger partial charge is 0.170 e. The summed E-state index contributed by atoms with van der Waals surface area (Å²) in [6.45, 7) is 3.15. The van der Waals surface area contributed by atoms with Gasteiger partial charge in [-0.3, -0.25) is 0 Å². The van der Waals surface area contributed by atoms with Crippen molar-refractivity contribution in [2.45, 2.75) is 43.0 Å². The maximum atomic E-state index is 4.34. The van der Waals surface area contributed by atoms with Gasteiger partial charge in [0, 0.05) is 11.8 Å². The van der Waals surface area contributed by atoms with E-state index in [1.165, 1.54) is 43.8 Å². The maximum absolute atomic E-state index is 4.34. The molecule has 1 atom stereocenters. The molecule has 0 radical (unpaired) electrons. The lowest BCUT2D eigenvalue weighted by molar-refractivity contribution is 0.395. The topological polar surface area (TPSA) is 37.8 Å². The fourth-order valence-electron chi connectivity index (χ4n) is 1.80. The van der Waals surface area contributed by atoms with Crippen LogP contribution in [0, 0.1) is 6.92 Å². The van der Waals surface area contributed by atoms with E-state index in [0.717, 1.165) is 22.0 Å². The summed E-state index contributed by atoms with van der Waals surface area (Å²) in [7, 11) is 0. The Hall–Kier alpha value is -0.130. The van der Waals surface area contributed by atoms with E-state index < -0.39 is 0 Å². The van der Waals surface area contributed by atoms with Crippen LogP contribution in [0.25, 0.3) is 0 Å². The number of hydrogen-bond donors (Lipinski definition) is 1. The third kappa shape index (κ3) is 3.74. The molecule has 3 nitrogen and oxygen atoms in total. The van der Waals surface area contributed by atoms with Gasteiger partial charge in [-0.05, 0) is 44.3 Å². The molecular formula is C10H17N3S2. The summed E-state index contributed by atoms with van der Waals surface area (Å²) in [5.41, 5.74) is 0. The third-order valence-corrected chi connectivity index (χ3v) is 4.57. The molecule has 1 aromatic heterocycles. The third-order valence-electron chi connectivity index (χ3n) is 2.61. The first-order valence-electron chi connectivity index (χ1n) is 5.51. The first-order valence-corrected chi connectivity index (χ1v) is 7.27. The first kappa shape index (κ1) is 11.4. The minimum absolute atomic E-state index is 0.736. The second kappa shape index (κ2) is 5.82. The van der Waals surface area contributed by atoms with E-state index in [2.05, 4.69) is 14.7 Å². The van der Waals surface area contributed by atoms with E-state index in [1.54, 1.807) is 0 Å². The number of nitrogens with zero attached hydrogens (tertiary/aromatic N) is 2. The van der Waals surface area contributed by atoms with Gasteiger partial charge in [0.2, 0.25) is 0 Å². The molecule has 1 unspecified atom stereocenters. The molecule has 0 bridgehead atoms. The molecule has 5 heteroatoms. The van der Waals surface area contributed by atoms with Crippen molar-refractivity contribution in [3.8, 4) is 0 Å². The van der Waals surface area contributed by atoms with Gasteiger partial charge in [0.25, 0.3) is 0 Å². The Kier molecular flexibility index (Phi) is 4.41. The monoisotopic (exact) mass is 243 g/mol. The lowest BCUT2D eigenvalue weighted by atomic mass is 10.0. The predicted octanol–water partition coefficient (Wildman–Crippen LogP) is 2.47. The Morgan fingerprint density at radius 2 is 2.47 bits per heavy atom. The van der Waals surface area contributed by atoms with E-state index in [-0.39, 0.29) is 0 Å². The molecule has 1 saturated heterocycles. The molecule has 84 valence electrons. The van der Waals surface area contributed by atoms with Gasteiger partial charge in [0.15, 0.2) is 4.34 Å². The number of rotatable bonds is 4. The maximum Gasteiger partial charge on any atom is 0.170 e. The van der Waals surface area contributed by atoms with Crippen LogP contribution >= 0.6 is 23.3 Å². The molecule has 1 fully saturated rings.